The van der Waals surface area contributed by atoms with Crippen LogP contribution in [0.5, 0.6) is 5.75 Å². The van der Waals surface area contributed by atoms with Crippen LogP contribution < -0.4 is 4.74 Å². The van der Waals surface area contributed by atoms with Crippen LogP contribution in [0.15, 0.2) is 12.1 Å². The molecule has 0 fully saturated rings. The number of Topliss-reactive ketones (excluding diaryl/α,β-unsaturated/α-hetero) is 1. The molecule has 0 spiro atoms. The number of benzene rings is 1. The molecule has 0 aliphatic rings. The van der Waals surface area contributed by atoms with E-state index in [4.69, 9.17) is 16.3 Å². The molecule has 0 N–H and O–H groups in total. The van der Waals surface area contributed by atoms with Gasteiger partial charge in [-0.15, -0.1) is 0 Å². The fourth-order valence-corrected chi connectivity index (χ4v) is 1.45. The van der Waals surface area contributed by atoms with E-state index in [0.717, 1.165) is 5.56 Å². The highest BCUT2D eigenvalue weighted by molar-refractivity contribution is 6.31. The molecule has 0 amide bonds. The summed E-state index contributed by atoms with van der Waals surface area (Å²) in [7, 11) is 0. The number of carbonyl (C=O) groups excluding carboxylic acids is 1. The van der Waals surface area contributed by atoms with Gasteiger partial charge >= 0.3 is 0 Å². The monoisotopic (exact) mass is 226 g/mol. The molecule has 0 heterocycles. The van der Waals surface area contributed by atoms with Crippen molar-refractivity contribution in [2.75, 3.05) is 0 Å². The van der Waals surface area contributed by atoms with Crippen molar-refractivity contribution in [3.05, 3.63) is 28.3 Å². The standard InChI is InChI=1S/C12H15ClO2/c1-7(2)15-12-5-8(3)11(13)6-10(12)9(4)14/h5-7H,1-4H3. The third kappa shape index (κ3) is 2.96. The average molecular weight is 227 g/mol. The SMILES string of the molecule is CC(=O)c1cc(Cl)c(C)cc1OC(C)C. The van der Waals surface area contributed by atoms with E-state index < -0.39 is 0 Å². The number of hydrogen-bond acceptors (Lipinski definition) is 2. The van der Waals surface area contributed by atoms with Crippen LogP contribution in [0, 0.1) is 6.92 Å². The third-order valence-corrected chi connectivity index (χ3v) is 2.41. The van der Waals surface area contributed by atoms with E-state index in [9.17, 15) is 4.79 Å². The lowest BCUT2D eigenvalue weighted by molar-refractivity contribution is 0.101. The normalized spacial score (nSPS) is 10.5. The molecular weight excluding hydrogens is 212 g/mol. The molecule has 0 bridgehead atoms. The predicted molar refractivity (Wildman–Crippen MR) is 62.0 cm³/mol. The number of halogens is 1. The van der Waals surface area contributed by atoms with E-state index in [0.29, 0.717) is 16.3 Å². The third-order valence-electron chi connectivity index (χ3n) is 2.00. The summed E-state index contributed by atoms with van der Waals surface area (Å²) in [6, 6.07) is 3.47. The minimum absolute atomic E-state index is 0.0347. The van der Waals surface area contributed by atoms with Gasteiger partial charge in [0.1, 0.15) is 5.75 Å². The molecule has 0 saturated heterocycles. The van der Waals surface area contributed by atoms with E-state index in [1.165, 1.54) is 6.92 Å². The summed E-state index contributed by atoms with van der Waals surface area (Å²) in [6.45, 7) is 7.25. The second-order valence-corrected chi connectivity index (χ2v) is 4.23. The maximum atomic E-state index is 11.4. The Morgan fingerprint density at radius 1 is 1.40 bits per heavy atom. The van der Waals surface area contributed by atoms with Crippen molar-refractivity contribution in [1.82, 2.24) is 0 Å². The summed E-state index contributed by atoms with van der Waals surface area (Å²) < 4.78 is 5.56. The van der Waals surface area contributed by atoms with Gasteiger partial charge in [-0.05, 0) is 45.4 Å². The van der Waals surface area contributed by atoms with Crippen molar-refractivity contribution in [3.8, 4) is 5.75 Å². The van der Waals surface area contributed by atoms with Crippen LogP contribution in [0.3, 0.4) is 0 Å². The van der Waals surface area contributed by atoms with Gasteiger partial charge in [0.15, 0.2) is 5.78 Å². The predicted octanol–water partition coefficient (Wildman–Crippen LogP) is 3.64. The zero-order chi connectivity index (χ0) is 11.6. The molecule has 1 aromatic rings. The van der Waals surface area contributed by atoms with Crippen LogP contribution in [0.2, 0.25) is 5.02 Å². The van der Waals surface area contributed by atoms with Crippen LogP contribution in [0.4, 0.5) is 0 Å². The van der Waals surface area contributed by atoms with E-state index in [-0.39, 0.29) is 11.9 Å². The largest absolute Gasteiger partial charge is 0.490 e. The van der Waals surface area contributed by atoms with Crippen molar-refractivity contribution in [1.29, 1.82) is 0 Å². The Bertz CT molecular complexity index is 383. The van der Waals surface area contributed by atoms with E-state index >= 15 is 0 Å². The first kappa shape index (κ1) is 12.1. The molecule has 3 heteroatoms. The smallest absolute Gasteiger partial charge is 0.163 e. The lowest BCUT2D eigenvalue weighted by Crippen LogP contribution is -2.09. The van der Waals surface area contributed by atoms with Crippen molar-refractivity contribution >= 4 is 17.4 Å². The van der Waals surface area contributed by atoms with E-state index in [2.05, 4.69) is 0 Å². The summed E-state index contributed by atoms with van der Waals surface area (Å²) in [5.41, 5.74) is 1.46. The molecule has 0 saturated carbocycles. The van der Waals surface area contributed by atoms with Crippen LogP contribution >= 0.6 is 11.6 Å². The molecule has 0 aliphatic carbocycles. The average Bonchev–Trinajstić information content (AvgIpc) is 2.09. The van der Waals surface area contributed by atoms with Gasteiger partial charge in [0, 0.05) is 5.02 Å². The molecule has 15 heavy (non-hydrogen) atoms. The van der Waals surface area contributed by atoms with Gasteiger partial charge in [-0.2, -0.15) is 0 Å². The Morgan fingerprint density at radius 2 is 2.00 bits per heavy atom. The zero-order valence-corrected chi connectivity index (χ0v) is 10.2. The summed E-state index contributed by atoms with van der Waals surface area (Å²) >= 11 is 5.96. The number of ether oxygens (including phenoxy) is 1. The molecule has 0 radical (unpaired) electrons. The highest BCUT2D eigenvalue weighted by atomic mass is 35.5. The van der Waals surface area contributed by atoms with Gasteiger partial charge in [-0.25, -0.2) is 0 Å². The minimum Gasteiger partial charge on any atom is -0.490 e. The Kier molecular flexibility index (Phi) is 3.75. The number of aryl methyl sites for hydroxylation is 1. The molecule has 2 nitrogen and oxygen atoms in total. The second-order valence-electron chi connectivity index (χ2n) is 3.82. The lowest BCUT2D eigenvalue weighted by Gasteiger charge is -2.14. The Balaban J connectivity index is 3.22. The molecule has 82 valence electrons. The van der Waals surface area contributed by atoms with E-state index in [1.54, 1.807) is 12.1 Å². The van der Waals surface area contributed by atoms with Gasteiger partial charge in [0.2, 0.25) is 0 Å². The molecule has 0 aromatic heterocycles. The minimum atomic E-state index is -0.0347. The quantitative estimate of drug-likeness (QED) is 0.736. The molecule has 1 aromatic carbocycles. The first-order valence-electron chi connectivity index (χ1n) is 4.89. The molecule has 0 aliphatic heterocycles. The Morgan fingerprint density at radius 3 is 2.47 bits per heavy atom. The van der Waals surface area contributed by atoms with Crippen molar-refractivity contribution in [2.45, 2.75) is 33.8 Å². The highest BCUT2D eigenvalue weighted by Crippen LogP contribution is 2.27. The van der Waals surface area contributed by atoms with Gasteiger partial charge < -0.3 is 4.74 Å². The summed E-state index contributed by atoms with van der Waals surface area (Å²) in [5.74, 6) is 0.576. The summed E-state index contributed by atoms with van der Waals surface area (Å²) in [6.07, 6.45) is 0.0451. The van der Waals surface area contributed by atoms with Crippen LogP contribution in [0.1, 0.15) is 36.7 Å². The number of ketones is 1. The molecule has 0 unspecified atom stereocenters. The van der Waals surface area contributed by atoms with Crippen LogP contribution in [0.25, 0.3) is 0 Å². The van der Waals surface area contributed by atoms with Gasteiger partial charge in [0.05, 0.1) is 11.7 Å². The van der Waals surface area contributed by atoms with Crippen molar-refractivity contribution in [3.63, 3.8) is 0 Å². The van der Waals surface area contributed by atoms with Crippen LogP contribution in [-0.2, 0) is 0 Å². The van der Waals surface area contributed by atoms with Gasteiger partial charge in [0.25, 0.3) is 0 Å². The van der Waals surface area contributed by atoms with E-state index in [1.807, 2.05) is 20.8 Å². The fourth-order valence-electron chi connectivity index (χ4n) is 1.28. The van der Waals surface area contributed by atoms with Gasteiger partial charge in [-0.3, -0.25) is 4.79 Å². The first-order valence-corrected chi connectivity index (χ1v) is 5.27. The summed E-state index contributed by atoms with van der Waals surface area (Å²) in [4.78, 5) is 11.4. The Labute approximate surface area is 95.2 Å². The number of carbonyl (C=O) groups is 1. The Hall–Kier alpha value is -1.02. The maximum absolute atomic E-state index is 11.4. The van der Waals surface area contributed by atoms with Crippen molar-refractivity contribution < 1.29 is 9.53 Å². The van der Waals surface area contributed by atoms with Gasteiger partial charge in [-0.1, -0.05) is 11.6 Å². The first-order chi connectivity index (χ1) is 6.91. The van der Waals surface area contributed by atoms with Crippen molar-refractivity contribution in [2.24, 2.45) is 0 Å². The molecular formula is C12H15ClO2. The zero-order valence-electron chi connectivity index (χ0n) is 9.43. The second kappa shape index (κ2) is 4.67. The van der Waals surface area contributed by atoms with Crippen LogP contribution in [-0.4, -0.2) is 11.9 Å². The molecule has 0 atom stereocenters. The lowest BCUT2D eigenvalue weighted by atomic mass is 10.1. The fraction of sp³-hybridized carbons (Fsp3) is 0.417. The number of hydrogen-bond donors (Lipinski definition) is 0. The topological polar surface area (TPSA) is 26.3 Å². The maximum Gasteiger partial charge on any atom is 0.163 e. The molecule has 1 rings (SSSR count). The number of rotatable bonds is 3. The highest BCUT2D eigenvalue weighted by Gasteiger charge is 2.12. The summed E-state index contributed by atoms with van der Waals surface area (Å²) in [5, 5.41) is 0.594.